The minimum Gasteiger partial charge on any atom is -0.494 e. The summed E-state index contributed by atoms with van der Waals surface area (Å²) < 4.78 is 19.2. The lowest BCUT2D eigenvalue weighted by Crippen LogP contribution is -2.41. The first kappa shape index (κ1) is 18.8. The third kappa shape index (κ3) is 3.62. The molecule has 3 nitrogen and oxygen atoms in total. The summed E-state index contributed by atoms with van der Waals surface area (Å²) in [7, 11) is -0.414. The van der Waals surface area contributed by atoms with Gasteiger partial charge in [-0.3, -0.25) is 0 Å². The number of hydrogen-bond donors (Lipinski definition) is 0. The van der Waals surface area contributed by atoms with E-state index in [2.05, 4.69) is 64.1 Å². The van der Waals surface area contributed by atoms with E-state index in [0.29, 0.717) is 5.92 Å². The molecule has 2 fully saturated rings. The van der Waals surface area contributed by atoms with Crippen molar-refractivity contribution < 1.29 is 14.0 Å². The third-order valence-corrected chi connectivity index (χ3v) is 6.62. The Balaban J connectivity index is 1.68. The summed E-state index contributed by atoms with van der Waals surface area (Å²) in [5, 5.41) is 2.34. The Hall–Kier alpha value is -1.52. The Morgan fingerprint density at radius 2 is 1.59 bits per heavy atom. The van der Waals surface area contributed by atoms with E-state index in [0.717, 1.165) is 23.2 Å². The number of fused-ring (bicyclic) bond motifs is 1. The van der Waals surface area contributed by atoms with E-state index in [1.54, 1.807) is 0 Å². The zero-order valence-electron chi connectivity index (χ0n) is 17.1. The van der Waals surface area contributed by atoms with Gasteiger partial charge in [0.25, 0.3) is 0 Å². The second kappa shape index (κ2) is 7.14. The molecular weight excluding hydrogens is 335 g/mol. The first-order chi connectivity index (χ1) is 12.9. The van der Waals surface area contributed by atoms with E-state index in [-0.39, 0.29) is 11.2 Å². The molecule has 0 aromatic heterocycles. The van der Waals surface area contributed by atoms with Crippen molar-refractivity contribution in [2.45, 2.75) is 71.0 Å². The van der Waals surface area contributed by atoms with Crippen molar-refractivity contribution in [1.82, 2.24) is 0 Å². The van der Waals surface area contributed by atoms with Crippen LogP contribution in [0.3, 0.4) is 0 Å². The average Bonchev–Trinajstić information content (AvgIpc) is 2.87. The van der Waals surface area contributed by atoms with Gasteiger partial charge >= 0.3 is 7.12 Å². The Bertz CT molecular complexity index is 792. The van der Waals surface area contributed by atoms with Crippen molar-refractivity contribution in [3.63, 3.8) is 0 Å². The zero-order valence-corrected chi connectivity index (χ0v) is 17.1. The smallest absolute Gasteiger partial charge is 0.494 e. The van der Waals surface area contributed by atoms with Crippen molar-refractivity contribution >= 4 is 23.4 Å². The van der Waals surface area contributed by atoms with Gasteiger partial charge in [0.15, 0.2) is 0 Å². The second-order valence-electron chi connectivity index (χ2n) is 9.10. The Morgan fingerprint density at radius 3 is 2.30 bits per heavy atom. The number of hydrogen-bond acceptors (Lipinski definition) is 3. The van der Waals surface area contributed by atoms with E-state index in [1.165, 1.54) is 37.5 Å². The summed E-state index contributed by atoms with van der Waals surface area (Å²) >= 11 is 0. The molecule has 0 unspecified atom stereocenters. The Labute approximate surface area is 163 Å². The SMILES string of the molecule is CC1(C)OB(c2c(OCC3CCCCC3)ccc3ccccc23)OC1(C)C. The van der Waals surface area contributed by atoms with Crippen molar-refractivity contribution in [3.8, 4) is 5.75 Å². The minimum absolute atomic E-state index is 0.366. The summed E-state index contributed by atoms with van der Waals surface area (Å²) in [5.74, 6) is 1.56. The molecule has 0 N–H and O–H groups in total. The van der Waals surface area contributed by atoms with Crippen LogP contribution in [0, 0.1) is 5.92 Å². The highest BCUT2D eigenvalue weighted by Crippen LogP contribution is 2.38. The minimum atomic E-state index is -0.414. The number of ether oxygens (including phenoxy) is 1. The van der Waals surface area contributed by atoms with Crippen molar-refractivity contribution in [2.24, 2.45) is 5.92 Å². The first-order valence-electron chi connectivity index (χ1n) is 10.4. The molecule has 2 aliphatic rings. The van der Waals surface area contributed by atoms with Gasteiger partial charge in [-0.1, -0.05) is 49.6 Å². The van der Waals surface area contributed by atoms with Crippen LogP contribution in [0.15, 0.2) is 36.4 Å². The van der Waals surface area contributed by atoms with Crippen LogP contribution in [0.2, 0.25) is 0 Å². The maximum absolute atomic E-state index is 6.39. The Kier molecular flexibility index (Phi) is 4.98. The fourth-order valence-electron chi connectivity index (χ4n) is 4.17. The first-order valence-corrected chi connectivity index (χ1v) is 10.4. The molecule has 0 spiro atoms. The molecule has 2 aromatic carbocycles. The van der Waals surface area contributed by atoms with E-state index >= 15 is 0 Å². The molecule has 144 valence electrons. The van der Waals surface area contributed by atoms with E-state index in [1.807, 2.05) is 0 Å². The number of benzene rings is 2. The van der Waals surface area contributed by atoms with Crippen LogP contribution in [0.25, 0.3) is 10.8 Å². The van der Waals surface area contributed by atoms with Gasteiger partial charge in [0.1, 0.15) is 5.75 Å². The molecule has 1 aliphatic carbocycles. The van der Waals surface area contributed by atoms with Gasteiger partial charge < -0.3 is 14.0 Å². The molecule has 0 bridgehead atoms. The monoisotopic (exact) mass is 366 g/mol. The van der Waals surface area contributed by atoms with Crippen LogP contribution in [-0.2, 0) is 9.31 Å². The molecule has 1 saturated carbocycles. The molecular formula is C23H31BO3. The summed E-state index contributed by atoms with van der Waals surface area (Å²) in [6.07, 6.45) is 6.58. The average molecular weight is 366 g/mol. The largest absolute Gasteiger partial charge is 0.499 e. The summed E-state index contributed by atoms with van der Waals surface area (Å²) in [6, 6.07) is 12.6. The standard InChI is InChI=1S/C23H31BO3/c1-22(2)23(3,4)27-24(26-22)21-19-13-9-8-12-18(19)14-15-20(21)25-16-17-10-6-5-7-11-17/h8-9,12-15,17H,5-7,10-11,16H2,1-4H3. The van der Waals surface area contributed by atoms with Gasteiger partial charge in [-0.05, 0) is 63.3 Å². The molecule has 1 saturated heterocycles. The molecule has 4 heteroatoms. The quantitative estimate of drug-likeness (QED) is 0.705. The van der Waals surface area contributed by atoms with Crippen LogP contribution in [0.4, 0.5) is 0 Å². The van der Waals surface area contributed by atoms with E-state index in [4.69, 9.17) is 14.0 Å². The highest BCUT2D eigenvalue weighted by molar-refractivity contribution is 6.66. The molecule has 27 heavy (non-hydrogen) atoms. The fraction of sp³-hybridized carbons (Fsp3) is 0.565. The molecule has 2 aromatic rings. The van der Waals surface area contributed by atoms with Crippen molar-refractivity contribution in [2.75, 3.05) is 6.61 Å². The highest BCUT2D eigenvalue weighted by atomic mass is 16.7. The lowest BCUT2D eigenvalue weighted by atomic mass is 9.75. The molecule has 1 aliphatic heterocycles. The lowest BCUT2D eigenvalue weighted by molar-refractivity contribution is 0.00578. The second-order valence-corrected chi connectivity index (χ2v) is 9.10. The molecule has 0 atom stereocenters. The topological polar surface area (TPSA) is 27.7 Å². The molecule has 4 rings (SSSR count). The summed E-state index contributed by atoms with van der Waals surface area (Å²) in [5.41, 5.74) is 0.299. The van der Waals surface area contributed by atoms with Crippen LogP contribution in [0.5, 0.6) is 5.75 Å². The Morgan fingerprint density at radius 1 is 0.926 bits per heavy atom. The highest BCUT2D eigenvalue weighted by Gasteiger charge is 2.53. The summed E-state index contributed by atoms with van der Waals surface area (Å²) in [6.45, 7) is 9.17. The van der Waals surface area contributed by atoms with Crippen molar-refractivity contribution in [3.05, 3.63) is 36.4 Å². The maximum atomic E-state index is 6.39. The van der Waals surface area contributed by atoms with Gasteiger partial charge in [-0.15, -0.1) is 0 Å². The predicted molar refractivity (Wildman–Crippen MR) is 112 cm³/mol. The summed E-state index contributed by atoms with van der Waals surface area (Å²) in [4.78, 5) is 0. The predicted octanol–water partition coefficient (Wildman–Crippen LogP) is 5.10. The molecule has 0 radical (unpaired) electrons. The van der Waals surface area contributed by atoms with Crippen molar-refractivity contribution in [1.29, 1.82) is 0 Å². The zero-order chi connectivity index (χ0) is 19.1. The third-order valence-electron chi connectivity index (χ3n) is 6.62. The van der Waals surface area contributed by atoms with E-state index in [9.17, 15) is 0 Å². The van der Waals surface area contributed by atoms with Gasteiger partial charge in [-0.25, -0.2) is 0 Å². The number of rotatable bonds is 4. The van der Waals surface area contributed by atoms with Gasteiger partial charge in [0, 0.05) is 5.46 Å². The van der Waals surface area contributed by atoms with Crippen LogP contribution < -0.4 is 10.2 Å². The van der Waals surface area contributed by atoms with Gasteiger partial charge in [-0.2, -0.15) is 0 Å². The van der Waals surface area contributed by atoms with E-state index < -0.39 is 7.12 Å². The van der Waals surface area contributed by atoms with Crippen LogP contribution >= 0.6 is 0 Å². The maximum Gasteiger partial charge on any atom is 0.499 e. The van der Waals surface area contributed by atoms with Gasteiger partial charge in [0.05, 0.1) is 17.8 Å². The van der Waals surface area contributed by atoms with Crippen LogP contribution in [-0.4, -0.2) is 24.9 Å². The molecule has 0 amide bonds. The fourth-order valence-corrected chi connectivity index (χ4v) is 4.17. The van der Waals surface area contributed by atoms with Gasteiger partial charge in [0.2, 0.25) is 0 Å². The normalized spacial score (nSPS) is 22.3. The molecule has 1 heterocycles. The lowest BCUT2D eigenvalue weighted by Gasteiger charge is -2.32. The van der Waals surface area contributed by atoms with Crippen LogP contribution in [0.1, 0.15) is 59.8 Å².